The summed E-state index contributed by atoms with van der Waals surface area (Å²) in [5.74, 6) is 0.764. The third-order valence-corrected chi connectivity index (χ3v) is 3.26. The minimum atomic E-state index is -0.619. The van der Waals surface area contributed by atoms with Crippen molar-refractivity contribution in [2.75, 3.05) is 27.2 Å². The molecule has 0 saturated heterocycles. The van der Waals surface area contributed by atoms with Crippen LogP contribution in [-0.4, -0.2) is 48.8 Å². The minimum Gasteiger partial charge on any atom is -0.388 e. The largest absolute Gasteiger partial charge is 0.388 e. The first-order valence-corrected chi connectivity index (χ1v) is 6.01. The molecule has 3 nitrogen and oxygen atoms in total. The molecule has 1 aliphatic rings. The molecule has 2 N–H and O–H groups in total. The zero-order valence-corrected chi connectivity index (χ0v) is 10.6. The highest BCUT2D eigenvalue weighted by Crippen LogP contribution is 2.24. The van der Waals surface area contributed by atoms with Gasteiger partial charge in [0.2, 0.25) is 0 Å². The molecule has 0 heterocycles. The lowest BCUT2D eigenvalue weighted by molar-refractivity contribution is 0.0304. The van der Waals surface area contributed by atoms with Crippen molar-refractivity contribution in [3.05, 3.63) is 0 Å². The van der Waals surface area contributed by atoms with E-state index in [4.69, 9.17) is 0 Å². The molecule has 3 atom stereocenters. The highest BCUT2D eigenvalue weighted by Gasteiger charge is 2.27. The van der Waals surface area contributed by atoms with Gasteiger partial charge in [0.25, 0.3) is 0 Å². The summed E-state index contributed by atoms with van der Waals surface area (Å²) in [5.41, 5.74) is -0.619. The van der Waals surface area contributed by atoms with Gasteiger partial charge in [-0.05, 0) is 39.8 Å². The van der Waals surface area contributed by atoms with Crippen LogP contribution in [0.2, 0.25) is 0 Å². The second-order valence-corrected chi connectivity index (χ2v) is 5.63. The van der Waals surface area contributed by atoms with Crippen LogP contribution < -0.4 is 5.32 Å². The number of rotatable bonds is 5. The molecular formula is C12H26N2O. The third-order valence-electron chi connectivity index (χ3n) is 3.26. The van der Waals surface area contributed by atoms with E-state index >= 15 is 0 Å². The van der Waals surface area contributed by atoms with E-state index in [2.05, 4.69) is 12.2 Å². The summed E-state index contributed by atoms with van der Waals surface area (Å²) in [7, 11) is 3.99. The lowest BCUT2D eigenvalue weighted by Gasteiger charge is -2.29. The molecule has 1 rings (SSSR count). The highest BCUT2D eigenvalue weighted by atomic mass is 16.3. The highest BCUT2D eigenvalue weighted by molar-refractivity contribution is 4.85. The Kier molecular flexibility index (Phi) is 4.56. The van der Waals surface area contributed by atoms with E-state index in [0.29, 0.717) is 19.1 Å². The van der Waals surface area contributed by atoms with Crippen molar-refractivity contribution < 1.29 is 5.11 Å². The Balaban J connectivity index is 2.28. The topological polar surface area (TPSA) is 35.5 Å². The molecule has 0 radical (unpaired) electrons. The standard InChI is InChI=1S/C12H26N2O/c1-10-6-5-7-11(10)13-8-12(2,15)9-14(3)4/h10-11,13,15H,5-9H2,1-4H3. The summed E-state index contributed by atoms with van der Waals surface area (Å²) < 4.78 is 0. The van der Waals surface area contributed by atoms with Gasteiger partial charge in [-0.2, -0.15) is 0 Å². The van der Waals surface area contributed by atoms with E-state index < -0.39 is 5.60 Å². The maximum absolute atomic E-state index is 10.1. The van der Waals surface area contributed by atoms with E-state index in [1.165, 1.54) is 19.3 Å². The lowest BCUT2D eigenvalue weighted by atomic mass is 10.0. The summed E-state index contributed by atoms with van der Waals surface area (Å²) in [4.78, 5) is 2.03. The SMILES string of the molecule is CC1CCCC1NCC(C)(O)CN(C)C. The molecule has 0 aromatic rings. The van der Waals surface area contributed by atoms with Crippen molar-refractivity contribution >= 4 is 0 Å². The number of hydrogen-bond donors (Lipinski definition) is 2. The molecule has 0 aromatic heterocycles. The Morgan fingerprint density at radius 2 is 2.07 bits per heavy atom. The first kappa shape index (κ1) is 12.9. The molecule has 0 aromatic carbocycles. The Bertz CT molecular complexity index is 192. The fourth-order valence-electron chi connectivity index (χ4n) is 2.54. The summed E-state index contributed by atoms with van der Waals surface area (Å²) >= 11 is 0. The number of hydrogen-bond acceptors (Lipinski definition) is 3. The molecule has 1 saturated carbocycles. The van der Waals surface area contributed by atoms with Crippen LogP contribution in [0.1, 0.15) is 33.1 Å². The summed E-state index contributed by atoms with van der Waals surface area (Å²) in [6, 6.07) is 0.610. The average molecular weight is 214 g/mol. The zero-order valence-electron chi connectivity index (χ0n) is 10.6. The molecule has 0 spiro atoms. The Hall–Kier alpha value is -0.120. The molecule has 90 valence electrons. The molecule has 0 amide bonds. The molecule has 0 aliphatic heterocycles. The van der Waals surface area contributed by atoms with Gasteiger partial charge in [0, 0.05) is 19.1 Å². The number of nitrogens with one attached hydrogen (secondary N) is 1. The van der Waals surface area contributed by atoms with Gasteiger partial charge in [0.15, 0.2) is 0 Å². The van der Waals surface area contributed by atoms with Crippen LogP contribution in [0.5, 0.6) is 0 Å². The monoisotopic (exact) mass is 214 g/mol. The van der Waals surface area contributed by atoms with Gasteiger partial charge in [-0.3, -0.25) is 0 Å². The molecular weight excluding hydrogens is 188 g/mol. The van der Waals surface area contributed by atoms with Crippen LogP contribution in [0, 0.1) is 5.92 Å². The van der Waals surface area contributed by atoms with E-state index in [0.717, 1.165) is 5.92 Å². The maximum atomic E-state index is 10.1. The molecule has 3 unspecified atom stereocenters. The fourth-order valence-corrected chi connectivity index (χ4v) is 2.54. The lowest BCUT2D eigenvalue weighted by Crippen LogP contribution is -2.48. The second kappa shape index (κ2) is 5.28. The first-order valence-electron chi connectivity index (χ1n) is 6.01. The Labute approximate surface area is 93.9 Å². The van der Waals surface area contributed by atoms with Gasteiger partial charge in [-0.25, -0.2) is 0 Å². The number of likely N-dealkylation sites (N-methyl/N-ethyl adjacent to an activating group) is 1. The van der Waals surface area contributed by atoms with Crippen LogP contribution in [0.25, 0.3) is 0 Å². The number of nitrogens with zero attached hydrogens (tertiary/aromatic N) is 1. The molecule has 0 bridgehead atoms. The van der Waals surface area contributed by atoms with Gasteiger partial charge in [-0.1, -0.05) is 13.3 Å². The van der Waals surface area contributed by atoms with Gasteiger partial charge < -0.3 is 15.3 Å². The quantitative estimate of drug-likeness (QED) is 0.719. The van der Waals surface area contributed by atoms with Gasteiger partial charge >= 0.3 is 0 Å². The van der Waals surface area contributed by atoms with Crippen molar-refractivity contribution in [1.82, 2.24) is 10.2 Å². The zero-order chi connectivity index (χ0) is 11.5. The molecule has 15 heavy (non-hydrogen) atoms. The normalized spacial score (nSPS) is 30.8. The number of aliphatic hydroxyl groups is 1. The average Bonchev–Trinajstić information content (AvgIpc) is 2.45. The maximum Gasteiger partial charge on any atom is 0.0869 e. The van der Waals surface area contributed by atoms with Crippen molar-refractivity contribution in [1.29, 1.82) is 0 Å². The van der Waals surface area contributed by atoms with Crippen molar-refractivity contribution in [2.24, 2.45) is 5.92 Å². The van der Waals surface area contributed by atoms with Crippen LogP contribution in [-0.2, 0) is 0 Å². The molecule has 1 aliphatic carbocycles. The summed E-state index contributed by atoms with van der Waals surface area (Å²) in [6.07, 6.45) is 3.92. The predicted octanol–water partition coefficient (Wildman–Crippen LogP) is 1.08. The van der Waals surface area contributed by atoms with Gasteiger partial charge in [0.1, 0.15) is 0 Å². The van der Waals surface area contributed by atoms with Crippen molar-refractivity contribution in [3.63, 3.8) is 0 Å². The van der Waals surface area contributed by atoms with Crippen molar-refractivity contribution in [2.45, 2.75) is 44.8 Å². The second-order valence-electron chi connectivity index (χ2n) is 5.63. The summed E-state index contributed by atoms with van der Waals surface area (Å²) in [6.45, 7) is 5.60. The smallest absolute Gasteiger partial charge is 0.0869 e. The molecule has 1 fully saturated rings. The van der Waals surface area contributed by atoms with E-state index in [1.807, 2.05) is 25.9 Å². The first-order chi connectivity index (χ1) is 6.91. The van der Waals surface area contributed by atoms with E-state index in [-0.39, 0.29) is 0 Å². The van der Waals surface area contributed by atoms with Crippen LogP contribution in [0.3, 0.4) is 0 Å². The Morgan fingerprint density at radius 3 is 2.53 bits per heavy atom. The summed E-state index contributed by atoms with van der Waals surface area (Å²) in [5, 5.41) is 13.6. The predicted molar refractivity (Wildman–Crippen MR) is 64.0 cm³/mol. The van der Waals surface area contributed by atoms with Crippen molar-refractivity contribution in [3.8, 4) is 0 Å². The third kappa shape index (κ3) is 4.49. The minimum absolute atomic E-state index is 0.610. The Morgan fingerprint density at radius 1 is 1.40 bits per heavy atom. The fraction of sp³-hybridized carbons (Fsp3) is 1.00. The van der Waals surface area contributed by atoms with Gasteiger partial charge in [0.05, 0.1) is 5.60 Å². The van der Waals surface area contributed by atoms with E-state index in [9.17, 15) is 5.11 Å². The van der Waals surface area contributed by atoms with Crippen LogP contribution >= 0.6 is 0 Å². The van der Waals surface area contributed by atoms with Gasteiger partial charge in [-0.15, -0.1) is 0 Å². The van der Waals surface area contributed by atoms with Crippen LogP contribution in [0.4, 0.5) is 0 Å². The van der Waals surface area contributed by atoms with E-state index in [1.54, 1.807) is 0 Å². The molecule has 3 heteroatoms. The van der Waals surface area contributed by atoms with Crippen LogP contribution in [0.15, 0.2) is 0 Å².